The lowest BCUT2D eigenvalue weighted by atomic mass is 10.2. The summed E-state index contributed by atoms with van der Waals surface area (Å²) in [4.78, 5) is 26.2. The second-order valence-corrected chi connectivity index (χ2v) is 4.07. The summed E-state index contributed by atoms with van der Waals surface area (Å²) < 4.78 is 0. The zero-order valence-electron chi connectivity index (χ0n) is 11.0. The molecule has 0 atom stereocenters. The Morgan fingerprint density at radius 1 is 1.06 bits per heavy atom. The summed E-state index contributed by atoms with van der Waals surface area (Å²) in [7, 11) is 1.76. The lowest BCUT2D eigenvalue weighted by Gasteiger charge is -2.21. The minimum Gasteiger partial charge on any atom is -0.345 e. The van der Waals surface area contributed by atoms with E-state index in [1.54, 1.807) is 11.9 Å². The van der Waals surface area contributed by atoms with Crippen molar-refractivity contribution in [3.8, 4) is 0 Å². The van der Waals surface area contributed by atoms with Crippen LogP contribution in [0.15, 0.2) is 0 Å². The molecule has 0 saturated heterocycles. The molecule has 0 aliphatic rings. The van der Waals surface area contributed by atoms with Gasteiger partial charge in [0.15, 0.2) is 0 Å². The Morgan fingerprint density at radius 3 is 2.06 bits per heavy atom. The van der Waals surface area contributed by atoms with Crippen molar-refractivity contribution in [1.29, 1.82) is 0 Å². The van der Waals surface area contributed by atoms with Crippen LogP contribution in [0.2, 0.25) is 0 Å². The minimum atomic E-state index is -0.0768. The monoisotopic (exact) mass is 228 g/mol. The van der Waals surface area contributed by atoms with Crippen molar-refractivity contribution in [2.75, 3.05) is 33.2 Å². The molecule has 4 nitrogen and oxygen atoms in total. The number of nitrogens with zero attached hydrogens (tertiary/aromatic N) is 2. The molecule has 0 N–H and O–H groups in total. The molecular formula is C12H24N2O2. The van der Waals surface area contributed by atoms with Crippen LogP contribution in [0.25, 0.3) is 0 Å². The summed E-state index contributed by atoms with van der Waals surface area (Å²) in [5.74, 6) is -0.146. The molecule has 4 heteroatoms. The number of hydrogen-bond donors (Lipinski definition) is 0. The molecule has 0 radical (unpaired) electrons. The Morgan fingerprint density at radius 2 is 1.62 bits per heavy atom. The first kappa shape index (κ1) is 15.1. The number of carbonyl (C=O) groups excluding carboxylic acids is 2. The van der Waals surface area contributed by atoms with E-state index < -0.39 is 0 Å². The van der Waals surface area contributed by atoms with Gasteiger partial charge in [-0.2, -0.15) is 0 Å². The number of Topliss-reactive ketones (excluding diaryl/α,β-unsaturated/α-hetero) is 1. The highest BCUT2D eigenvalue weighted by molar-refractivity contribution is 5.96. The number of ketones is 1. The second kappa shape index (κ2) is 8.28. The Labute approximate surface area is 98.6 Å². The Bertz CT molecular complexity index is 225. The molecule has 0 bridgehead atoms. The van der Waals surface area contributed by atoms with E-state index in [1.165, 1.54) is 6.92 Å². The Kier molecular flexibility index (Phi) is 7.81. The van der Waals surface area contributed by atoms with Gasteiger partial charge in [0, 0.05) is 13.6 Å². The molecule has 0 aliphatic carbocycles. The van der Waals surface area contributed by atoms with Crippen molar-refractivity contribution >= 4 is 11.7 Å². The van der Waals surface area contributed by atoms with E-state index in [0.29, 0.717) is 0 Å². The van der Waals surface area contributed by atoms with Gasteiger partial charge in [-0.3, -0.25) is 9.59 Å². The van der Waals surface area contributed by atoms with Gasteiger partial charge in [0.05, 0.1) is 6.42 Å². The van der Waals surface area contributed by atoms with Crippen LogP contribution in [0.3, 0.4) is 0 Å². The van der Waals surface area contributed by atoms with Crippen LogP contribution >= 0.6 is 0 Å². The zero-order valence-corrected chi connectivity index (χ0v) is 11.0. The van der Waals surface area contributed by atoms with Gasteiger partial charge < -0.3 is 9.80 Å². The fourth-order valence-electron chi connectivity index (χ4n) is 1.54. The van der Waals surface area contributed by atoms with E-state index in [2.05, 4.69) is 18.7 Å². The zero-order chi connectivity index (χ0) is 12.6. The molecule has 0 rings (SSSR count). The molecule has 0 aromatic carbocycles. The van der Waals surface area contributed by atoms with E-state index in [0.717, 1.165) is 32.6 Å². The molecule has 0 heterocycles. The minimum absolute atomic E-state index is 0.0295. The molecule has 94 valence electrons. The van der Waals surface area contributed by atoms with E-state index in [9.17, 15) is 9.59 Å². The van der Waals surface area contributed by atoms with Crippen LogP contribution in [-0.2, 0) is 9.59 Å². The highest BCUT2D eigenvalue weighted by Gasteiger charge is 2.10. The number of rotatable bonds is 8. The maximum absolute atomic E-state index is 11.5. The van der Waals surface area contributed by atoms with E-state index in [4.69, 9.17) is 0 Å². The van der Waals surface area contributed by atoms with Crippen LogP contribution in [0.5, 0.6) is 0 Å². The van der Waals surface area contributed by atoms with Crippen molar-refractivity contribution in [3.63, 3.8) is 0 Å². The lowest BCUT2D eigenvalue weighted by Crippen LogP contribution is -2.32. The van der Waals surface area contributed by atoms with Crippen LogP contribution in [-0.4, -0.2) is 54.7 Å². The predicted octanol–water partition coefficient (Wildman–Crippen LogP) is 1.16. The van der Waals surface area contributed by atoms with Crippen LogP contribution in [0.4, 0.5) is 0 Å². The summed E-state index contributed by atoms with van der Waals surface area (Å²) in [6.07, 6.45) is 0.990. The maximum Gasteiger partial charge on any atom is 0.229 e. The Balaban J connectivity index is 3.75. The third kappa shape index (κ3) is 6.56. The van der Waals surface area contributed by atoms with Gasteiger partial charge in [-0.05, 0) is 33.0 Å². The number of amides is 1. The van der Waals surface area contributed by atoms with Crippen molar-refractivity contribution < 1.29 is 9.59 Å². The highest BCUT2D eigenvalue weighted by atomic mass is 16.2. The number of hydrogen-bond acceptors (Lipinski definition) is 3. The fraction of sp³-hybridized carbons (Fsp3) is 0.833. The van der Waals surface area contributed by atoms with Crippen molar-refractivity contribution in [1.82, 2.24) is 9.80 Å². The first-order valence-electron chi connectivity index (χ1n) is 5.97. The largest absolute Gasteiger partial charge is 0.345 e. The normalized spacial score (nSPS) is 10.6. The topological polar surface area (TPSA) is 40.6 Å². The van der Waals surface area contributed by atoms with Gasteiger partial charge in [-0.25, -0.2) is 0 Å². The molecule has 0 spiro atoms. The molecule has 1 amide bonds. The summed E-state index contributed by atoms with van der Waals surface area (Å²) in [6, 6.07) is 0. The van der Waals surface area contributed by atoms with Crippen LogP contribution < -0.4 is 0 Å². The SMILES string of the molecule is CCN(CC)CCCN(C)C(=O)CC(C)=O. The van der Waals surface area contributed by atoms with Gasteiger partial charge in [-0.15, -0.1) is 0 Å². The molecule has 0 fully saturated rings. The average Bonchev–Trinajstić information content (AvgIpc) is 2.23. The van der Waals surface area contributed by atoms with E-state index >= 15 is 0 Å². The average molecular weight is 228 g/mol. The predicted molar refractivity (Wildman–Crippen MR) is 65.3 cm³/mol. The maximum atomic E-state index is 11.5. The van der Waals surface area contributed by atoms with Crippen molar-refractivity contribution in [3.05, 3.63) is 0 Å². The smallest absolute Gasteiger partial charge is 0.229 e. The van der Waals surface area contributed by atoms with Gasteiger partial charge in [0.2, 0.25) is 5.91 Å². The highest BCUT2D eigenvalue weighted by Crippen LogP contribution is 1.96. The fourth-order valence-corrected chi connectivity index (χ4v) is 1.54. The van der Waals surface area contributed by atoms with Crippen LogP contribution in [0, 0.1) is 0 Å². The molecule has 0 unspecified atom stereocenters. The molecule has 0 aliphatic heterocycles. The van der Waals surface area contributed by atoms with Gasteiger partial charge in [0.25, 0.3) is 0 Å². The molecular weight excluding hydrogens is 204 g/mol. The van der Waals surface area contributed by atoms with Crippen LogP contribution in [0.1, 0.15) is 33.6 Å². The van der Waals surface area contributed by atoms with Gasteiger partial charge >= 0.3 is 0 Å². The first-order chi connectivity index (χ1) is 7.51. The van der Waals surface area contributed by atoms with Crippen molar-refractivity contribution in [2.45, 2.75) is 33.6 Å². The quantitative estimate of drug-likeness (QED) is 0.585. The third-order valence-electron chi connectivity index (χ3n) is 2.69. The third-order valence-corrected chi connectivity index (χ3v) is 2.69. The number of carbonyl (C=O) groups is 2. The van der Waals surface area contributed by atoms with E-state index in [-0.39, 0.29) is 18.1 Å². The van der Waals surface area contributed by atoms with Crippen molar-refractivity contribution in [2.24, 2.45) is 0 Å². The molecule has 16 heavy (non-hydrogen) atoms. The summed E-state index contributed by atoms with van der Waals surface area (Å²) in [6.45, 7) is 9.53. The molecule has 0 aromatic rings. The standard InChI is InChI=1S/C12H24N2O2/c1-5-14(6-2)9-7-8-13(4)12(16)10-11(3)15/h5-10H2,1-4H3. The van der Waals surface area contributed by atoms with Gasteiger partial charge in [0.1, 0.15) is 5.78 Å². The molecule has 0 saturated carbocycles. The molecule has 0 aromatic heterocycles. The van der Waals surface area contributed by atoms with Gasteiger partial charge in [-0.1, -0.05) is 13.8 Å². The lowest BCUT2D eigenvalue weighted by molar-refractivity contribution is -0.133. The summed E-state index contributed by atoms with van der Waals surface area (Å²) in [5, 5.41) is 0. The first-order valence-corrected chi connectivity index (χ1v) is 5.97. The Hall–Kier alpha value is -0.900. The van der Waals surface area contributed by atoms with E-state index in [1.807, 2.05) is 0 Å². The summed E-state index contributed by atoms with van der Waals surface area (Å²) >= 11 is 0. The summed E-state index contributed by atoms with van der Waals surface area (Å²) in [5.41, 5.74) is 0. The second-order valence-electron chi connectivity index (χ2n) is 4.07.